The van der Waals surface area contributed by atoms with Gasteiger partial charge < -0.3 is 4.90 Å². The molecular weight excluding hydrogens is 236 g/mol. The molecule has 0 radical (unpaired) electrons. The highest BCUT2D eigenvalue weighted by atomic mass is 16.2. The van der Waals surface area contributed by atoms with Crippen LogP contribution in [0.3, 0.4) is 0 Å². The number of hydrogen-bond donors (Lipinski definition) is 0. The van der Waals surface area contributed by atoms with Crippen molar-refractivity contribution in [3.8, 4) is 0 Å². The molecule has 1 heterocycles. The van der Waals surface area contributed by atoms with Crippen LogP contribution in [0.1, 0.15) is 63.8 Å². The summed E-state index contributed by atoms with van der Waals surface area (Å²) in [5, 5.41) is 0. The van der Waals surface area contributed by atoms with E-state index in [-0.39, 0.29) is 28.2 Å². The fourth-order valence-electron chi connectivity index (χ4n) is 1.55. The van der Waals surface area contributed by atoms with E-state index < -0.39 is 0 Å². The minimum atomic E-state index is 0. The highest BCUT2D eigenvalue weighted by Gasteiger charge is 2.19. The number of hydrogen-bond acceptors (Lipinski definition) is 2. The van der Waals surface area contributed by atoms with Crippen molar-refractivity contribution in [3.63, 3.8) is 0 Å². The SMILES string of the molecule is C.C.C.CC(=O)N1CCN(C(C)C)CC1.CC(C)C. The van der Waals surface area contributed by atoms with Crippen LogP contribution in [0, 0.1) is 5.92 Å². The van der Waals surface area contributed by atoms with Gasteiger partial charge in [-0.1, -0.05) is 43.1 Å². The minimum absolute atomic E-state index is 0. The van der Waals surface area contributed by atoms with Gasteiger partial charge in [0, 0.05) is 39.1 Å². The minimum Gasteiger partial charge on any atom is -0.340 e. The van der Waals surface area contributed by atoms with Crippen molar-refractivity contribution in [2.45, 2.75) is 69.9 Å². The van der Waals surface area contributed by atoms with E-state index in [1.807, 2.05) is 4.90 Å². The predicted molar refractivity (Wildman–Crippen MR) is 89.7 cm³/mol. The molecule has 120 valence electrons. The molecule has 0 bridgehead atoms. The molecule has 0 spiro atoms. The van der Waals surface area contributed by atoms with Gasteiger partial charge >= 0.3 is 0 Å². The van der Waals surface area contributed by atoms with Gasteiger partial charge in [-0.2, -0.15) is 0 Å². The molecular formula is C16H40N2O. The summed E-state index contributed by atoms with van der Waals surface area (Å²) in [7, 11) is 0. The second kappa shape index (κ2) is 13.9. The van der Waals surface area contributed by atoms with Crippen LogP contribution in [0.2, 0.25) is 0 Å². The second-order valence-corrected chi connectivity index (χ2v) is 5.37. The van der Waals surface area contributed by atoms with Crippen molar-refractivity contribution in [2.75, 3.05) is 26.2 Å². The van der Waals surface area contributed by atoms with Gasteiger partial charge in [-0.25, -0.2) is 0 Å². The molecule has 0 aromatic rings. The Hall–Kier alpha value is -0.570. The van der Waals surface area contributed by atoms with Crippen LogP contribution in [0.25, 0.3) is 0 Å². The Bertz CT molecular complexity index is 192. The standard InChI is InChI=1S/C9H18N2O.C4H10.3CH4/c1-8(2)10-4-6-11(7-5-10)9(3)12;1-4(2)3;;;/h8H,4-7H2,1-3H3;4H,1-3H3;3*1H4. The molecule has 0 unspecified atom stereocenters. The summed E-state index contributed by atoms with van der Waals surface area (Å²) in [6.07, 6.45) is 0. The highest BCUT2D eigenvalue weighted by molar-refractivity contribution is 5.73. The summed E-state index contributed by atoms with van der Waals surface area (Å²) in [4.78, 5) is 15.3. The van der Waals surface area contributed by atoms with E-state index in [4.69, 9.17) is 0 Å². The molecule has 1 saturated heterocycles. The van der Waals surface area contributed by atoms with Crippen molar-refractivity contribution in [1.82, 2.24) is 9.80 Å². The Morgan fingerprint density at radius 3 is 1.37 bits per heavy atom. The van der Waals surface area contributed by atoms with Gasteiger partial charge in [0.1, 0.15) is 0 Å². The molecule has 0 aromatic heterocycles. The van der Waals surface area contributed by atoms with Crippen molar-refractivity contribution in [3.05, 3.63) is 0 Å². The van der Waals surface area contributed by atoms with E-state index in [0.29, 0.717) is 6.04 Å². The van der Waals surface area contributed by atoms with Crippen molar-refractivity contribution in [2.24, 2.45) is 5.92 Å². The average molecular weight is 277 g/mol. The van der Waals surface area contributed by atoms with Crippen molar-refractivity contribution >= 4 is 5.91 Å². The van der Waals surface area contributed by atoms with E-state index in [1.54, 1.807) is 6.92 Å². The van der Waals surface area contributed by atoms with Gasteiger partial charge in [-0.3, -0.25) is 9.69 Å². The number of nitrogens with zero attached hydrogens (tertiary/aromatic N) is 2. The Morgan fingerprint density at radius 2 is 1.16 bits per heavy atom. The summed E-state index contributed by atoms with van der Waals surface area (Å²) >= 11 is 0. The lowest BCUT2D eigenvalue weighted by molar-refractivity contribution is -0.130. The number of carbonyl (C=O) groups is 1. The third kappa shape index (κ3) is 13.7. The first-order valence-corrected chi connectivity index (χ1v) is 6.34. The number of piperazine rings is 1. The first kappa shape index (κ1) is 26.9. The molecule has 0 aliphatic carbocycles. The average Bonchev–Trinajstić information content (AvgIpc) is 2.17. The normalized spacial score (nSPS) is 14.6. The van der Waals surface area contributed by atoms with E-state index in [0.717, 1.165) is 32.1 Å². The quantitative estimate of drug-likeness (QED) is 0.719. The Morgan fingerprint density at radius 1 is 0.842 bits per heavy atom. The molecule has 1 rings (SSSR count). The topological polar surface area (TPSA) is 23.6 Å². The van der Waals surface area contributed by atoms with Crippen LogP contribution >= 0.6 is 0 Å². The smallest absolute Gasteiger partial charge is 0.219 e. The van der Waals surface area contributed by atoms with Gasteiger partial charge in [0.2, 0.25) is 5.91 Å². The van der Waals surface area contributed by atoms with Gasteiger partial charge in [0.05, 0.1) is 0 Å². The number of carbonyl (C=O) groups excluding carboxylic acids is 1. The lowest BCUT2D eigenvalue weighted by Gasteiger charge is -2.36. The summed E-state index contributed by atoms with van der Waals surface area (Å²) in [6, 6.07) is 0.610. The molecule has 0 atom stereocenters. The third-order valence-electron chi connectivity index (χ3n) is 2.49. The van der Waals surface area contributed by atoms with Crippen LogP contribution in [-0.4, -0.2) is 47.9 Å². The van der Waals surface area contributed by atoms with E-state index in [1.165, 1.54) is 0 Å². The Labute approximate surface area is 123 Å². The first-order chi connectivity index (χ1) is 7.34. The Kier molecular flexibility index (Phi) is 19.6. The zero-order valence-electron chi connectivity index (χ0n) is 11.8. The lowest BCUT2D eigenvalue weighted by atomic mass is 10.2. The van der Waals surface area contributed by atoms with Crippen LogP contribution in [0.15, 0.2) is 0 Å². The molecule has 19 heavy (non-hydrogen) atoms. The molecule has 1 aliphatic rings. The van der Waals surface area contributed by atoms with Crippen LogP contribution in [0.5, 0.6) is 0 Å². The van der Waals surface area contributed by atoms with Crippen LogP contribution in [0.4, 0.5) is 0 Å². The van der Waals surface area contributed by atoms with Gasteiger partial charge in [-0.05, 0) is 19.8 Å². The predicted octanol–water partition coefficient (Wildman–Crippen LogP) is 4.13. The lowest BCUT2D eigenvalue weighted by Crippen LogP contribution is -2.50. The summed E-state index contributed by atoms with van der Waals surface area (Å²) in [6.45, 7) is 16.4. The zero-order valence-corrected chi connectivity index (χ0v) is 11.8. The third-order valence-corrected chi connectivity index (χ3v) is 2.49. The Balaban J connectivity index is -0.000000144. The molecule has 0 aromatic carbocycles. The van der Waals surface area contributed by atoms with Crippen molar-refractivity contribution < 1.29 is 4.79 Å². The van der Waals surface area contributed by atoms with E-state index in [9.17, 15) is 4.79 Å². The number of amides is 1. The van der Waals surface area contributed by atoms with Gasteiger partial charge in [-0.15, -0.1) is 0 Å². The summed E-state index contributed by atoms with van der Waals surface area (Å²) < 4.78 is 0. The highest BCUT2D eigenvalue weighted by Crippen LogP contribution is 2.05. The van der Waals surface area contributed by atoms with Gasteiger partial charge in [0.15, 0.2) is 0 Å². The van der Waals surface area contributed by atoms with Crippen molar-refractivity contribution in [1.29, 1.82) is 0 Å². The number of rotatable bonds is 1. The summed E-state index contributed by atoms with van der Waals surface area (Å²) in [5.74, 6) is 1.04. The molecule has 1 fully saturated rings. The zero-order chi connectivity index (χ0) is 12.7. The fraction of sp³-hybridized carbons (Fsp3) is 0.938. The molecule has 0 N–H and O–H groups in total. The fourth-order valence-corrected chi connectivity index (χ4v) is 1.55. The molecule has 1 aliphatic heterocycles. The van der Waals surface area contributed by atoms with E-state index in [2.05, 4.69) is 39.5 Å². The molecule has 3 heteroatoms. The van der Waals surface area contributed by atoms with Gasteiger partial charge in [0.25, 0.3) is 0 Å². The molecule has 1 amide bonds. The maximum atomic E-state index is 11.0. The maximum Gasteiger partial charge on any atom is 0.219 e. The molecule has 0 saturated carbocycles. The second-order valence-electron chi connectivity index (χ2n) is 5.37. The van der Waals surface area contributed by atoms with Crippen LogP contribution < -0.4 is 0 Å². The molecule has 3 nitrogen and oxygen atoms in total. The van der Waals surface area contributed by atoms with E-state index >= 15 is 0 Å². The monoisotopic (exact) mass is 276 g/mol. The largest absolute Gasteiger partial charge is 0.340 e. The van der Waals surface area contributed by atoms with Crippen LogP contribution in [-0.2, 0) is 4.79 Å². The summed E-state index contributed by atoms with van der Waals surface area (Å²) in [5.41, 5.74) is 0. The maximum absolute atomic E-state index is 11.0. The first-order valence-electron chi connectivity index (χ1n) is 6.34.